The third-order valence-electron chi connectivity index (χ3n) is 4.40. The molecule has 1 N–H and O–H groups in total. The standard InChI is InChI=1S/C18H20ClFN4O/c1-13(18(25)22-16-6-5-14(20)12-15(16)19)23-8-10-24(11-9-23)17-4-2-3-7-21-17/h2-7,12-13H,8-11H2,1H3,(H,22,25)/t13-/m0/s1. The molecule has 0 unspecified atom stereocenters. The molecule has 0 bridgehead atoms. The van der Waals surface area contributed by atoms with Gasteiger partial charge >= 0.3 is 0 Å². The molecule has 1 atom stereocenters. The maximum absolute atomic E-state index is 13.1. The van der Waals surface area contributed by atoms with Crippen LogP contribution in [0.2, 0.25) is 5.02 Å². The molecule has 1 aliphatic rings. The number of hydrogen-bond acceptors (Lipinski definition) is 4. The first-order chi connectivity index (χ1) is 12.0. The van der Waals surface area contributed by atoms with Crippen molar-refractivity contribution in [1.82, 2.24) is 9.88 Å². The van der Waals surface area contributed by atoms with Crippen molar-refractivity contribution in [2.45, 2.75) is 13.0 Å². The van der Waals surface area contributed by atoms with Crippen LogP contribution in [0.3, 0.4) is 0 Å². The summed E-state index contributed by atoms with van der Waals surface area (Å²) in [7, 11) is 0. The number of amides is 1. The largest absolute Gasteiger partial charge is 0.354 e. The average molecular weight is 363 g/mol. The number of rotatable bonds is 4. The van der Waals surface area contributed by atoms with Gasteiger partial charge in [0.2, 0.25) is 5.91 Å². The van der Waals surface area contributed by atoms with Crippen molar-refractivity contribution in [2.75, 3.05) is 36.4 Å². The van der Waals surface area contributed by atoms with Crippen LogP contribution in [0.5, 0.6) is 0 Å². The first-order valence-electron chi connectivity index (χ1n) is 8.20. The summed E-state index contributed by atoms with van der Waals surface area (Å²) in [6, 6.07) is 9.49. The van der Waals surface area contributed by atoms with Crippen LogP contribution >= 0.6 is 11.6 Å². The van der Waals surface area contributed by atoms with Crippen molar-refractivity contribution in [3.05, 3.63) is 53.4 Å². The van der Waals surface area contributed by atoms with Gasteiger partial charge in [0.15, 0.2) is 0 Å². The average Bonchev–Trinajstić information content (AvgIpc) is 2.64. The quantitative estimate of drug-likeness (QED) is 0.908. The van der Waals surface area contributed by atoms with Crippen LogP contribution in [-0.2, 0) is 4.79 Å². The van der Waals surface area contributed by atoms with E-state index in [9.17, 15) is 9.18 Å². The molecule has 5 nitrogen and oxygen atoms in total. The van der Waals surface area contributed by atoms with Gasteiger partial charge in [-0.2, -0.15) is 0 Å². The van der Waals surface area contributed by atoms with Crippen molar-refractivity contribution >= 4 is 29.0 Å². The molecule has 1 saturated heterocycles. The Morgan fingerprint density at radius 2 is 2.00 bits per heavy atom. The van der Waals surface area contributed by atoms with Gasteiger partial charge in [0, 0.05) is 32.4 Å². The van der Waals surface area contributed by atoms with Gasteiger partial charge in [-0.25, -0.2) is 9.37 Å². The maximum Gasteiger partial charge on any atom is 0.241 e. The summed E-state index contributed by atoms with van der Waals surface area (Å²) >= 11 is 5.97. The Morgan fingerprint density at radius 1 is 1.24 bits per heavy atom. The fourth-order valence-electron chi connectivity index (χ4n) is 2.87. The summed E-state index contributed by atoms with van der Waals surface area (Å²) in [6.45, 7) is 5.02. The minimum Gasteiger partial charge on any atom is -0.354 e. The maximum atomic E-state index is 13.1. The highest BCUT2D eigenvalue weighted by Crippen LogP contribution is 2.23. The second-order valence-electron chi connectivity index (χ2n) is 6.00. The zero-order valence-electron chi connectivity index (χ0n) is 14.0. The number of hydrogen-bond donors (Lipinski definition) is 1. The number of carbonyl (C=O) groups excluding carboxylic acids is 1. The number of halogens is 2. The van der Waals surface area contributed by atoms with Crippen LogP contribution in [-0.4, -0.2) is 48.0 Å². The highest BCUT2D eigenvalue weighted by atomic mass is 35.5. The monoisotopic (exact) mass is 362 g/mol. The van der Waals surface area contributed by atoms with E-state index in [1.54, 1.807) is 6.20 Å². The van der Waals surface area contributed by atoms with Gasteiger partial charge < -0.3 is 10.2 Å². The third kappa shape index (κ3) is 4.27. The fourth-order valence-corrected chi connectivity index (χ4v) is 3.09. The van der Waals surface area contributed by atoms with Crippen molar-refractivity contribution < 1.29 is 9.18 Å². The van der Waals surface area contributed by atoms with Gasteiger partial charge in [-0.3, -0.25) is 9.69 Å². The Kier molecular flexibility index (Phi) is 5.50. The normalized spacial score (nSPS) is 16.5. The lowest BCUT2D eigenvalue weighted by molar-refractivity contribution is -0.120. The van der Waals surface area contributed by atoms with Crippen molar-refractivity contribution in [3.8, 4) is 0 Å². The molecule has 7 heteroatoms. The molecular weight excluding hydrogens is 343 g/mol. The first kappa shape index (κ1) is 17.6. The van der Waals surface area contributed by atoms with Crippen molar-refractivity contribution in [3.63, 3.8) is 0 Å². The summed E-state index contributed by atoms with van der Waals surface area (Å²) in [4.78, 5) is 21.2. The minimum atomic E-state index is -0.429. The number of benzene rings is 1. The molecule has 2 heterocycles. The molecule has 1 aromatic heterocycles. The smallest absolute Gasteiger partial charge is 0.241 e. The number of nitrogens with zero attached hydrogens (tertiary/aromatic N) is 3. The number of anilines is 2. The van der Waals surface area contributed by atoms with E-state index in [0.717, 1.165) is 32.0 Å². The van der Waals surface area contributed by atoms with Crippen LogP contribution in [0.25, 0.3) is 0 Å². The van der Waals surface area contributed by atoms with Crippen LogP contribution in [0.15, 0.2) is 42.6 Å². The Hall–Kier alpha value is -2.18. The topological polar surface area (TPSA) is 48.5 Å². The van der Waals surface area contributed by atoms with Gasteiger partial charge in [-0.15, -0.1) is 0 Å². The molecule has 0 radical (unpaired) electrons. The molecule has 3 rings (SSSR count). The number of carbonyl (C=O) groups is 1. The summed E-state index contributed by atoms with van der Waals surface area (Å²) in [6.07, 6.45) is 1.78. The first-order valence-corrected chi connectivity index (χ1v) is 8.58. The molecule has 1 aromatic carbocycles. The molecule has 0 spiro atoms. The third-order valence-corrected chi connectivity index (χ3v) is 4.72. The van der Waals surface area contributed by atoms with Crippen molar-refractivity contribution in [2.24, 2.45) is 0 Å². The lowest BCUT2D eigenvalue weighted by atomic mass is 10.2. The zero-order valence-corrected chi connectivity index (χ0v) is 14.7. The van der Waals surface area contributed by atoms with E-state index in [1.165, 1.54) is 18.2 Å². The number of nitrogens with one attached hydrogen (secondary N) is 1. The Morgan fingerprint density at radius 3 is 2.64 bits per heavy atom. The van der Waals surface area contributed by atoms with E-state index < -0.39 is 5.82 Å². The van der Waals surface area contributed by atoms with E-state index in [1.807, 2.05) is 25.1 Å². The fraction of sp³-hybridized carbons (Fsp3) is 0.333. The molecule has 2 aromatic rings. The zero-order chi connectivity index (χ0) is 17.8. The highest BCUT2D eigenvalue weighted by molar-refractivity contribution is 6.33. The van der Waals surface area contributed by atoms with E-state index in [-0.39, 0.29) is 17.0 Å². The van der Waals surface area contributed by atoms with E-state index in [4.69, 9.17) is 11.6 Å². The predicted molar refractivity (Wildman–Crippen MR) is 97.5 cm³/mol. The second kappa shape index (κ2) is 7.80. The van der Waals surface area contributed by atoms with Gasteiger partial charge in [-0.1, -0.05) is 17.7 Å². The summed E-state index contributed by atoms with van der Waals surface area (Å²) in [5.41, 5.74) is 0.423. The number of aromatic nitrogens is 1. The molecule has 0 saturated carbocycles. The molecule has 1 fully saturated rings. The Labute approximate surface area is 151 Å². The van der Waals surface area contributed by atoms with Gasteiger partial charge in [0.25, 0.3) is 0 Å². The summed E-state index contributed by atoms with van der Waals surface area (Å²) in [5.74, 6) is 0.374. The molecule has 0 aliphatic carbocycles. The van der Waals surface area contributed by atoms with Gasteiger partial charge in [0.1, 0.15) is 11.6 Å². The summed E-state index contributed by atoms with van der Waals surface area (Å²) < 4.78 is 13.1. The lowest BCUT2D eigenvalue weighted by Gasteiger charge is -2.37. The summed E-state index contributed by atoms with van der Waals surface area (Å²) in [5, 5.41) is 2.97. The Balaban J connectivity index is 1.56. The van der Waals surface area contributed by atoms with Gasteiger partial charge in [0.05, 0.1) is 16.8 Å². The molecule has 25 heavy (non-hydrogen) atoms. The van der Waals surface area contributed by atoms with E-state index in [2.05, 4.69) is 20.1 Å². The Bertz CT molecular complexity index is 735. The molecule has 132 valence electrons. The van der Waals surface area contributed by atoms with Crippen LogP contribution in [0.1, 0.15) is 6.92 Å². The predicted octanol–water partition coefficient (Wildman–Crippen LogP) is 3.02. The molecule has 1 aliphatic heterocycles. The lowest BCUT2D eigenvalue weighted by Crippen LogP contribution is -2.53. The molecular formula is C18H20ClFN4O. The van der Waals surface area contributed by atoms with E-state index in [0.29, 0.717) is 5.69 Å². The van der Waals surface area contributed by atoms with Crippen LogP contribution in [0.4, 0.5) is 15.9 Å². The number of pyridine rings is 1. The van der Waals surface area contributed by atoms with Gasteiger partial charge in [-0.05, 0) is 37.3 Å². The SMILES string of the molecule is C[C@@H](C(=O)Nc1ccc(F)cc1Cl)N1CCN(c2ccccn2)CC1. The highest BCUT2D eigenvalue weighted by Gasteiger charge is 2.26. The second-order valence-corrected chi connectivity index (χ2v) is 6.41. The van der Waals surface area contributed by atoms with Crippen molar-refractivity contribution in [1.29, 1.82) is 0 Å². The number of piperazine rings is 1. The van der Waals surface area contributed by atoms with Crippen LogP contribution in [0, 0.1) is 5.82 Å². The molecule has 1 amide bonds. The minimum absolute atomic E-state index is 0.153. The van der Waals surface area contributed by atoms with E-state index >= 15 is 0 Å². The van der Waals surface area contributed by atoms with Crippen LogP contribution < -0.4 is 10.2 Å².